The highest BCUT2D eigenvalue weighted by molar-refractivity contribution is 5.13. The molecule has 0 saturated carbocycles. The van der Waals surface area contributed by atoms with E-state index in [1.54, 1.807) is 0 Å². The molecule has 0 spiro atoms. The molecule has 82 valence electrons. The standard InChI is InChI=1S/C12H16O3/c1-12(11(7-13)15-12)9-14-8-10-5-3-2-4-6-10/h2-6,11,13H,7-9H2,1H3/t11-,12-/m0/s1. The lowest BCUT2D eigenvalue weighted by atomic mass is 10.1. The van der Waals surface area contributed by atoms with E-state index in [4.69, 9.17) is 14.6 Å². The van der Waals surface area contributed by atoms with Gasteiger partial charge in [0, 0.05) is 0 Å². The van der Waals surface area contributed by atoms with Crippen molar-refractivity contribution in [3.05, 3.63) is 35.9 Å². The summed E-state index contributed by atoms with van der Waals surface area (Å²) in [4.78, 5) is 0. The first-order valence-electron chi connectivity index (χ1n) is 5.15. The van der Waals surface area contributed by atoms with Crippen LogP contribution in [-0.2, 0) is 16.1 Å². The van der Waals surface area contributed by atoms with Crippen molar-refractivity contribution >= 4 is 0 Å². The van der Waals surface area contributed by atoms with E-state index in [9.17, 15) is 0 Å². The minimum atomic E-state index is -0.274. The van der Waals surface area contributed by atoms with Gasteiger partial charge in [0.1, 0.15) is 11.7 Å². The van der Waals surface area contributed by atoms with Gasteiger partial charge in [0.2, 0.25) is 0 Å². The van der Waals surface area contributed by atoms with E-state index in [1.807, 2.05) is 37.3 Å². The second-order valence-corrected chi connectivity index (χ2v) is 4.08. The maximum absolute atomic E-state index is 8.88. The van der Waals surface area contributed by atoms with Crippen LogP contribution in [0, 0.1) is 0 Å². The topological polar surface area (TPSA) is 42.0 Å². The number of ether oxygens (including phenoxy) is 2. The molecule has 15 heavy (non-hydrogen) atoms. The smallest absolute Gasteiger partial charge is 0.118 e. The summed E-state index contributed by atoms with van der Waals surface area (Å²) in [5, 5.41) is 8.88. The van der Waals surface area contributed by atoms with Gasteiger partial charge in [-0.25, -0.2) is 0 Å². The van der Waals surface area contributed by atoms with Crippen LogP contribution in [0.5, 0.6) is 0 Å². The fourth-order valence-electron chi connectivity index (χ4n) is 1.59. The molecule has 1 N–H and O–H groups in total. The number of aliphatic hydroxyl groups is 1. The van der Waals surface area contributed by atoms with Crippen molar-refractivity contribution in [1.29, 1.82) is 0 Å². The van der Waals surface area contributed by atoms with Crippen molar-refractivity contribution < 1.29 is 14.6 Å². The Morgan fingerprint density at radius 3 is 2.73 bits per heavy atom. The van der Waals surface area contributed by atoms with E-state index >= 15 is 0 Å². The fraction of sp³-hybridized carbons (Fsp3) is 0.500. The molecule has 1 aromatic carbocycles. The van der Waals surface area contributed by atoms with Crippen LogP contribution in [0.2, 0.25) is 0 Å². The van der Waals surface area contributed by atoms with Crippen LogP contribution in [0.1, 0.15) is 12.5 Å². The molecule has 0 aliphatic carbocycles. The predicted molar refractivity (Wildman–Crippen MR) is 56.5 cm³/mol. The van der Waals surface area contributed by atoms with Gasteiger partial charge >= 0.3 is 0 Å². The minimum absolute atomic E-state index is 0.0479. The van der Waals surface area contributed by atoms with E-state index in [2.05, 4.69) is 0 Å². The number of benzene rings is 1. The van der Waals surface area contributed by atoms with Crippen LogP contribution < -0.4 is 0 Å². The van der Waals surface area contributed by atoms with Gasteiger partial charge in [-0.1, -0.05) is 30.3 Å². The maximum Gasteiger partial charge on any atom is 0.118 e. The number of aliphatic hydroxyl groups excluding tert-OH is 1. The first-order chi connectivity index (χ1) is 7.24. The average Bonchev–Trinajstić information content (AvgIpc) is 2.91. The SMILES string of the molecule is C[C@@]1(COCc2ccccc2)O[C@H]1CO. The molecule has 2 rings (SSSR count). The normalized spacial score (nSPS) is 29.1. The quantitative estimate of drug-likeness (QED) is 0.743. The second-order valence-electron chi connectivity index (χ2n) is 4.08. The molecule has 1 aliphatic rings. The Bertz CT molecular complexity index is 312. The molecular weight excluding hydrogens is 192 g/mol. The highest BCUT2D eigenvalue weighted by Gasteiger charge is 2.51. The van der Waals surface area contributed by atoms with Gasteiger partial charge in [-0.3, -0.25) is 0 Å². The van der Waals surface area contributed by atoms with Crippen LogP contribution in [0.3, 0.4) is 0 Å². The summed E-state index contributed by atoms with van der Waals surface area (Å²) in [5.41, 5.74) is 0.881. The molecule has 1 aromatic rings. The third-order valence-corrected chi connectivity index (χ3v) is 2.70. The lowest BCUT2D eigenvalue weighted by Gasteiger charge is -2.07. The molecule has 0 aromatic heterocycles. The molecule has 1 heterocycles. The summed E-state index contributed by atoms with van der Waals surface area (Å²) in [7, 11) is 0. The van der Waals surface area contributed by atoms with Gasteiger partial charge < -0.3 is 14.6 Å². The van der Waals surface area contributed by atoms with E-state index in [-0.39, 0.29) is 18.3 Å². The molecule has 0 radical (unpaired) electrons. The lowest BCUT2D eigenvalue weighted by Crippen LogP contribution is -2.20. The second kappa shape index (κ2) is 4.31. The van der Waals surface area contributed by atoms with Gasteiger partial charge in [-0.05, 0) is 12.5 Å². The lowest BCUT2D eigenvalue weighted by molar-refractivity contribution is 0.0742. The molecule has 0 unspecified atom stereocenters. The number of hydrogen-bond acceptors (Lipinski definition) is 3. The van der Waals surface area contributed by atoms with Crippen molar-refractivity contribution in [3.63, 3.8) is 0 Å². The Kier molecular flexibility index (Phi) is 3.05. The first-order valence-corrected chi connectivity index (χ1v) is 5.15. The molecule has 0 amide bonds. The summed E-state index contributed by atoms with van der Waals surface area (Å²) in [5.74, 6) is 0. The van der Waals surface area contributed by atoms with Crippen LogP contribution in [0.4, 0.5) is 0 Å². The van der Waals surface area contributed by atoms with Crippen molar-refractivity contribution in [3.8, 4) is 0 Å². The summed E-state index contributed by atoms with van der Waals surface area (Å²) < 4.78 is 10.9. The summed E-state index contributed by atoms with van der Waals surface area (Å²) in [6.07, 6.45) is -0.0479. The van der Waals surface area contributed by atoms with Gasteiger partial charge in [-0.2, -0.15) is 0 Å². The zero-order chi connectivity index (χ0) is 10.7. The fourth-order valence-corrected chi connectivity index (χ4v) is 1.59. The van der Waals surface area contributed by atoms with E-state index in [0.29, 0.717) is 13.2 Å². The number of epoxide rings is 1. The molecule has 3 heteroatoms. The van der Waals surface area contributed by atoms with Gasteiger partial charge in [-0.15, -0.1) is 0 Å². The van der Waals surface area contributed by atoms with Gasteiger partial charge in [0.05, 0.1) is 19.8 Å². The van der Waals surface area contributed by atoms with Crippen LogP contribution in [0.25, 0.3) is 0 Å². The van der Waals surface area contributed by atoms with Crippen LogP contribution in [0.15, 0.2) is 30.3 Å². The summed E-state index contributed by atoms with van der Waals surface area (Å²) >= 11 is 0. The highest BCUT2D eigenvalue weighted by Crippen LogP contribution is 2.35. The maximum atomic E-state index is 8.88. The van der Waals surface area contributed by atoms with Crippen molar-refractivity contribution in [2.24, 2.45) is 0 Å². The first kappa shape index (κ1) is 10.6. The molecular formula is C12H16O3. The van der Waals surface area contributed by atoms with E-state index < -0.39 is 0 Å². The highest BCUT2D eigenvalue weighted by atomic mass is 16.6. The zero-order valence-electron chi connectivity index (χ0n) is 8.85. The molecule has 1 saturated heterocycles. The predicted octanol–water partition coefficient (Wildman–Crippen LogP) is 1.35. The zero-order valence-corrected chi connectivity index (χ0v) is 8.85. The Morgan fingerprint density at radius 1 is 1.40 bits per heavy atom. The molecule has 1 fully saturated rings. The molecule has 2 atom stereocenters. The molecule has 0 bridgehead atoms. The van der Waals surface area contributed by atoms with Crippen molar-refractivity contribution in [1.82, 2.24) is 0 Å². The summed E-state index contributed by atoms with van der Waals surface area (Å²) in [6.45, 7) is 3.16. The van der Waals surface area contributed by atoms with E-state index in [1.165, 1.54) is 0 Å². The van der Waals surface area contributed by atoms with Gasteiger partial charge in [0.25, 0.3) is 0 Å². The Balaban J connectivity index is 1.72. The minimum Gasteiger partial charge on any atom is -0.394 e. The van der Waals surface area contributed by atoms with Gasteiger partial charge in [0.15, 0.2) is 0 Å². The average molecular weight is 208 g/mol. The van der Waals surface area contributed by atoms with Crippen LogP contribution in [-0.4, -0.2) is 30.0 Å². The Labute approximate surface area is 89.6 Å². The number of hydrogen-bond donors (Lipinski definition) is 1. The Hall–Kier alpha value is -0.900. The molecule has 1 aliphatic heterocycles. The van der Waals surface area contributed by atoms with Crippen molar-refractivity contribution in [2.45, 2.75) is 25.2 Å². The molecule has 3 nitrogen and oxygen atoms in total. The number of rotatable bonds is 5. The third kappa shape index (κ3) is 2.56. The van der Waals surface area contributed by atoms with Crippen LogP contribution >= 0.6 is 0 Å². The summed E-state index contributed by atoms with van der Waals surface area (Å²) in [6, 6.07) is 10.0. The van der Waals surface area contributed by atoms with E-state index in [0.717, 1.165) is 5.56 Å². The largest absolute Gasteiger partial charge is 0.394 e. The van der Waals surface area contributed by atoms with Crippen molar-refractivity contribution in [2.75, 3.05) is 13.2 Å². The monoisotopic (exact) mass is 208 g/mol. The Morgan fingerprint density at radius 2 is 2.13 bits per heavy atom. The third-order valence-electron chi connectivity index (χ3n) is 2.70.